The maximum atomic E-state index is 12.1. The highest BCUT2D eigenvalue weighted by molar-refractivity contribution is 5.94. The van der Waals surface area contributed by atoms with E-state index >= 15 is 0 Å². The first kappa shape index (κ1) is 13.5. The van der Waals surface area contributed by atoms with Crippen LogP contribution in [0.25, 0.3) is 0 Å². The highest BCUT2D eigenvalue weighted by Crippen LogP contribution is 2.38. The summed E-state index contributed by atoms with van der Waals surface area (Å²) in [4.78, 5) is 20.4. The first-order valence-electron chi connectivity index (χ1n) is 6.82. The number of carbonyl (C=O) groups is 1. The van der Waals surface area contributed by atoms with Gasteiger partial charge in [-0.05, 0) is 25.8 Å². The molecule has 0 spiro atoms. The van der Waals surface area contributed by atoms with Gasteiger partial charge in [-0.25, -0.2) is 4.98 Å². The van der Waals surface area contributed by atoms with Crippen LogP contribution in [0.5, 0.6) is 5.88 Å². The van der Waals surface area contributed by atoms with Crippen molar-refractivity contribution in [2.75, 3.05) is 7.11 Å². The van der Waals surface area contributed by atoms with Crippen LogP contribution < -0.4 is 10.1 Å². The fourth-order valence-electron chi connectivity index (χ4n) is 1.91. The standard InChI is InChI=1S/C14H16N4O3/c1-8(14-17-12(18-21-14)9-3-4-9)16-13(19)10-5-6-11(20-2)15-7-10/h5-9H,3-4H2,1-2H3,(H,16,19)/t8-/m1/s1. The van der Waals surface area contributed by atoms with Crippen molar-refractivity contribution in [2.45, 2.75) is 31.7 Å². The van der Waals surface area contributed by atoms with Crippen LogP contribution in [-0.2, 0) is 0 Å². The summed E-state index contributed by atoms with van der Waals surface area (Å²) in [5, 5.41) is 6.74. The largest absolute Gasteiger partial charge is 0.481 e. The molecule has 7 nitrogen and oxygen atoms in total. The lowest BCUT2D eigenvalue weighted by Gasteiger charge is -2.09. The number of ether oxygens (including phenoxy) is 1. The summed E-state index contributed by atoms with van der Waals surface area (Å²) in [5.41, 5.74) is 0.449. The summed E-state index contributed by atoms with van der Waals surface area (Å²) in [6, 6.07) is 2.94. The zero-order valence-electron chi connectivity index (χ0n) is 11.9. The Balaban J connectivity index is 1.64. The Bertz CT molecular complexity index is 634. The van der Waals surface area contributed by atoms with Crippen molar-refractivity contribution in [3.05, 3.63) is 35.6 Å². The van der Waals surface area contributed by atoms with Crippen molar-refractivity contribution >= 4 is 5.91 Å². The summed E-state index contributed by atoms with van der Waals surface area (Å²) in [5.74, 6) is 1.80. The topological polar surface area (TPSA) is 90.1 Å². The van der Waals surface area contributed by atoms with Crippen molar-refractivity contribution in [1.29, 1.82) is 0 Å². The summed E-state index contributed by atoms with van der Waals surface area (Å²) in [6.07, 6.45) is 3.68. The van der Waals surface area contributed by atoms with Gasteiger partial charge in [0.15, 0.2) is 5.82 Å². The van der Waals surface area contributed by atoms with Crippen LogP contribution in [-0.4, -0.2) is 28.1 Å². The average Bonchev–Trinajstić information content (AvgIpc) is 3.24. The molecule has 0 aromatic carbocycles. The Kier molecular flexibility index (Phi) is 3.55. The number of amides is 1. The lowest BCUT2D eigenvalue weighted by atomic mass is 10.2. The molecular formula is C14H16N4O3. The molecule has 7 heteroatoms. The molecule has 1 fully saturated rings. The summed E-state index contributed by atoms with van der Waals surface area (Å²) in [7, 11) is 1.52. The predicted octanol–water partition coefficient (Wildman–Crippen LogP) is 1.84. The summed E-state index contributed by atoms with van der Waals surface area (Å²) < 4.78 is 10.1. The number of hydrogen-bond donors (Lipinski definition) is 1. The van der Waals surface area contributed by atoms with Gasteiger partial charge >= 0.3 is 0 Å². The smallest absolute Gasteiger partial charge is 0.253 e. The van der Waals surface area contributed by atoms with Crippen molar-refractivity contribution in [2.24, 2.45) is 0 Å². The van der Waals surface area contributed by atoms with Gasteiger partial charge in [0.2, 0.25) is 11.8 Å². The second-order valence-electron chi connectivity index (χ2n) is 5.05. The minimum Gasteiger partial charge on any atom is -0.481 e. The lowest BCUT2D eigenvalue weighted by molar-refractivity contribution is 0.0932. The second-order valence-corrected chi connectivity index (χ2v) is 5.05. The molecule has 0 aliphatic heterocycles. The summed E-state index contributed by atoms with van der Waals surface area (Å²) >= 11 is 0. The van der Waals surface area contributed by atoms with Gasteiger partial charge in [0.05, 0.1) is 12.7 Å². The third-order valence-corrected chi connectivity index (χ3v) is 3.33. The van der Waals surface area contributed by atoms with Crippen LogP contribution >= 0.6 is 0 Å². The molecule has 2 aromatic heterocycles. The number of aromatic nitrogens is 3. The number of rotatable bonds is 5. The van der Waals surface area contributed by atoms with Crippen LogP contribution in [0.15, 0.2) is 22.9 Å². The monoisotopic (exact) mass is 288 g/mol. The van der Waals surface area contributed by atoms with Gasteiger partial charge in [-0.15, -0.1) is 0 Å². The highest BCUT2D eigenvalue weighted by Gasteiger charge is 2.29. The van der Waals surface area contributed by atoms with Crippen LogP contribution in [0.2, 0.25) is 0 Å². The van der Waals surface area contributed by atoms with Crippen LogP contribution in [0.1, 0.15) is 53.8 Å². The molecule has 1 aliphatic rings. The molecule has 2 aromatic rings. The van der Waals surface area contributed by atoms with E-state index in [4.69, 9.17) is 9.26 Å². The van der Waals surface area contributed by atoms with E-state index in [2.05, 4.69) is 20.4 Å². The fraction of sp³-hybridized carbons (Fsp3) is 0.429. The quantitative estimate of drug-likeness (QED) is 0.902. The van der Waals surface area contributed by atoms with Crippen molar-refractivity contribution in [1.82, 2.24) is 20.4 Å². The normalized spacial score (nSPS) is 15.5. The van der Waals surface area contributed by atoms with Crippen molar-refractivity contribution in [3.8, 4) is 5.88 Å². The molecular weight excluding hydrogens is 272 g/mol. The molecule has 1 amide bonds. The van der Waals surface area contributed by atoms with Gasteiger partial charge in [0.25, 0.3) is 5.91 Å². The molecule has 0 saturated heterocycles. The minimum atomic E-state index is -0.348. The molecule has 2 heterocycles. The Morgan fingerprint density at radius 1 is 1.48 bits per heavy atom. The zero-order valence-corrected chi connectivity index (χ0v) is 11.9. The van der Waals surface area contributed by atoms with Crippen LogP contribution in [0, 0.1) is 0 Å². The Hall–Kier alpha value is -2.44. The maximum absolute atomic E-state index is 12.1. The van der Waals surface area contributed by atoms with E-state index in [0.29, 0.717) is 23.3 Å². The summed E-state index contributed by atoms with van der Waals surface area (Å²) in [6.45, 7) is 1.80. The molecule has 110 valence electrons. The average molecular weight is 288 g/mol. The first-order valence-corrected chi connectivity index (χ1v) is 6.82. The molecule has 1 aliphatic carbocycles. The van der Waals surface area contributed by atoms with Gasteiger partial charge in [-0.1, -0.05) is 5.16 Å². The van der Waals surface area contributed by atoms with Crippen LogP contribution in [0.4, 0.5) is 0 Å². The van der Waals surface area contributed by atoms with Crippen molar-refractivity contribution in [3.63, 3.8) is 0 Å². The van der Waals surface area contributed by atoms with Gasteiger partial charge in [-0.3, -0.25) is 4.79 Å². The molecule has 1 N–H and O–H groups in total. The van der Waals surface area contributed by atoms with E-state index in [9.17, 15) is 4.79 Å². The van der Waals surface area contributed by atoms with E-state index in [1.165, 1.54) is 13.3 Å². The number of hydrogen-bond acceptors (Lipinski definition) is 6. The number of nitrogens with one attached hydrogen (secondary N) is 1. The van der Waals surface area contributed by atoms with Gasteiger partial charge < -0.3 is 14.6 Å². The van der Waals surface area contributed by atoms with Gasteiger partial charge in [-0.2, -0.15) is 4.98 Å². The van der Waals surface area contributed by atoms with Gasteiger partial charge in [0, 0.05) is 18.2 Å². The van der Waals surface area contributed by atoms with Crippen LogP contribution in [0.3, 0.4) is 0 Å². The highest BCUT2D eigenvalue weighted by atomic mass is 16.5. The Morgan fingerprint density at radius 2 is 2.29 bits per heavy atom. The first-order chi connectivity index (χ1) is 10.2. The van der Waals surface area contributed by atoms with Crippen molar-refractivity contribution < 1.29 is 14.1 Å². The van der Waals surface area contributed by atoms with E-state index < -0.39 is 0 Å². The van der Waals surface area contributed by atoms with E-state index in [-0.39, 0.29) is 11.9 Å². The molecule has 0 radical (unpaired) electrons. The molecule has 21 heavy (non-hydrogen) atoms. The lowest BCUT2D eigenvalue weighted by Crippen LogP contribution is -2.27. The van der Waals surface area contributed by atoms with E-state index in [0.717, 1.165) is 18.7 Å². The number of carbonyl (C=O) groups excluding carboxylic acids is 1. The number of pyridine rings is 1. The predicted molar refractivity (Wildman–Crippen MR) is 72.9 cm³/mol. The van der Waals surface area contributed by atoms with E-state index in [1.807, 2.05) is 0 Å². The third-order valence-electron chi connectivity index (χ3n) is 3.33. The molecule has 3 rings (SSSR count). The minimum absolute atomic E-state index is 0.246. The molecule has 1 saturated carbocycles. The van der Waals surface area contributed by atoms with E-state index in [1.54, 1.807) is 19.1 Å². The molecule has 0 unspecified atom stereocenters. The third kappa shape index (κ3) is 3.01. The van der Waals surface area contributed by atoms with Gasteiger partial charge in [0.1, 0.15) is 6.04 Å². The molecule has 0 bridgehead atoms. The second kappa shape index (κ2) is 5.51. The Labute approximate surface area is 121 Å². The SMILES string of the molecule is COc1ccc(C(=O)N[C@H](C)c2nc(C3CC3)no2)cn1. The number of nitrogens with zero attached hydrogens (tertiary/aromatic N) is 3. The Morgan fingerprint density at radius 3 is 2.90 bits per heavy atom. The molecule has 1 atom stereocenters. The zero-order chi connectivity index (χ0) is 14.8. The maximum Gasteiger partial charge on any atom is 0.253 e. The number of methoxy groups -OCH3 is 1. The fourth-order valence-corrected chi connectivity index (χ4v) is 1.91.